The molecule has 0 radical (unpaired) electrons. The molecule has 0 aromatic carbocycles. The third-order valence-corrected chi connectivity index (χ3v) is 5.34. The first-order chi connectivity index (χ1) is 14.1. The van der Waals surface area contributed by atoms with E-state index >= 15 is 0 Å². The van der Waals surface area contributed by atoms with Gasteiger partial charge >= 0.3 is 0 Å². The van der Waals surface area contributed by atoms with Crippen LogP contribution in [0, 0.1) is 12.8 Å². The Hall–Kier alpha value is -3.03. The lowest BCUT2D eigenvalue weighted by Crippen LogP contribution is -2.39. The van der Waals surface area contributed by atoms with Gasteiger partial charge in [0.05, 0.1) is 23.0 Å². The van der Waals surface area contributed by atoms with Crippen molar-refractivity contribution in [1.29, 1.82) is 0 Å². The highest BCUT2D eigenvalue weighted by molar-refractivity contribution is 5.95. The van der Waals surface area contributed by atoms with Crippen molar-refractivity contribution < 1.29 is 9.32 Å². The zero-order valence-corrected chi connectivity index (χ0v) is 17.1. The fraction of sp³-hybridized carbons (Fsp3) is 0.476. The van der Waals surface area contributed by atoms with Crippen molar-refractivity contribution in [2.45, 2.75) is 46.5 Å². The Morgan fingerprint density at radius 1 is 1.31 bits per heavy atom. The normalized spacial score (nSPS) is 16.9. The monoisotopic (exact) mass is 394 g/mol. The van der Waals surface area contributed by atoms with E-state index in [1.54, 1.807) is 17.1 Å². The highest BCUT2D eigenvalue weighted by Gasteiger charge is 2.25. The first-order valence-electron chi connectivity index (χ1n) is 10.2. The van der Waals surface area contributed by atoms with E-state index in [9.17, 15) is 4.79 Å². The van der Waals surface area contributed by atoms with Crippen molar-refractivity contribution in [2.75, 3.05) is 13.1 Å². The summed E-state index contributed by atoms with van der Waals surface area (Å²) in [5.41, 5.74) is 2.18. The average Bonchev–Trinajstić information content (AvgIpc) is 3.35. The number of carbonyl (C=O) groups excluding carboxylic acids is 1. The first kappa shape index (κ1) is 19.3. The molecule has 8 nitrogen and oxygen atoms in total. The molecule has 0 N–H and O–H groups in total. The molecule has 152 valence electrons. The molecule has 3 aromatic rings. The highest BCUT2D eigenvalue weighted by atomic mass is 16.5. The number of pyridine rings is 1. The van der Waals surface area contributed by atoms with Crippen LogP contribution in [0.3, 0.4) is 0 Å². The number of nitrogens with zero attached hydrogens (tertiary/aromatic N) is 6. The number of aryl methyl sites for hydroxylation is 1. The molecule has 1 atom stereocenters. The molecule has 8 heteroatoms. The van der Waals surface area contributed by atoms with Crippen LogP contribution in [-0.2, 0) is 6.42 Å². The third kappa shape index (κ3) is 3.92. The molecular formula is C21H26N6O2. The summed E-state index contributed by atoms with van der Waals surface area (Å²) in [6.45, 7) is 7.78. The van der Waals surface area contributed by atoms with Crippen molar-refractivity contribution in [3.8, 4) is 17.3 Å². The van der Waals surface area contributed by atoms with Crippen molar-refractivity contribution in [3.63, 3.8) is 0 Å². The van der Waals surface area contributed by atoms with Gasteiger partial charge in [-0.1, -0.05) is 19.0 Å². The lowest BCUT2D eigenvalue weighted by atomic mass is 9.99. The number of hydrogen-bond acceptors (Lipinski definition) is 6. The van der Waals surface area contributed by atoms with Gasteiger partial charge < -0.3 is 9.42 Å². The summed E-state index contributed by atoms with van der Waals surface area (Å²) in [5, 5.41) is 8.38. The van der Waals surface area contributed by atoms with E-state index in [0.717, 1.165) is 43.6 Å². The zero-order chi connectivity index (χ0) is 20.4. The van der Waals surface area contributed by atoms with E-state index in [4.69, 9.17) is 4.52 Å². The minimum absolute atomic E-state index is 0.0474. The molecule has 0 unspecified atom stereocenters. The minimum atomic E-state index is 0.0474. The maximum atomic E-state index is 12.9. The van der Waals surface area contributed by atoms with E-state index in [-0.39, 0.29) is 5.91 Å². The molecule has 0 spiro atoms. The maximum Gasteiger partial charge on any atom is 0.259 e. The summed E-state index contributed by atoms with van der Waals surface area (Å²) >= 11 is 0. The quantitative estimate of drug-likeness (QED) is 0.658. The number of carbonyl (C=O) groups is 1. The van der Waals surface area contributed by atoms with E-state index < -0.39 is 0 Å². The van der Waals surface area contributed by atoms with Crippen LogP contribution in [0.5, 0.6) is 0 Å². The van der Waals surface area contributed by atoms with Crippen molar-refractivity contribution in [1.82, 2.24) is 29.8 Å². The van der Waals surface area contributed by atoms with Gasteiger partial charge in [-0.05, 0) is 44.2 Å². The summed E-state index contributed by atoms with van der Waals surface area (Å²) in [4.78, 5) is 23.7. The van der Waals surface area contributed by atoms with Gasteiger partial charge in [0.2, 0.25) is 0 Å². The van der Waals surface area contributed by atoms with Crippen LogP contribution in [0.15, 0.2) is 29.0 Å². The number of piperidine rings is 1. The van der Waals surface area contributed by atoms with Crippen LogP contribution in [0.4, 0.5) is 0 Å². The number of hydrogen-bond donors (Lipinski definition) is 0. The fourth-order valence-electron chi connectivity index (χ4n) is 3.73. The molecule has 4 heterocycles. The van der Waals surface area contributed by atoms with Crippen LogP contribution >= 0.6 is 0 Å². The Labute approximate surface area is 169 Å². The van der Waals surface area contributed by atoms with E-state index in [2.05, 4.69) is 34.1 Å². The van der Waals surface area contributed by atoms with Gasteiger partial charge in [-0.25, -0.2) is 9.67 Å². The van der Waals surface area contributed by atoms with Gasteiger partial charge in [-0.2, -0.15) is 10.1 Å². The van der Waals surface area contributed by atoms with Crippen molar-refractivity contribution >= 4 is 5.91 Å². The Bertz CT molecular complexity index is 991. The van der Waals surface area contributed by atoms with Crippen LogP contribution in [-0.4, -0.2) is 48.8 Å². The largest absolute Gasteiger partial charge is 0.338 e. The van der Waals surface area contributed by atoms with Crippen LogP contribution < -0.4 is 0 Å². The summed E-state index contributed by atoms with van der Waals surface area (Å²) in [5.74, 6) is 2.39. The Balaban J connectivity index is 1.53. The second kappa shape index (κ2) is 8.14. The molecule has 29 heavy (non-hydrogen) atoms. The standard InChI is InChI=1S/C21H26N6O2/c1-4-6-18-24-20(29-25-18)16-8-9-19(22-11-16)27-15(3)17(12-23-27)21(28)26-10-5-7-14(2)13-26/h8-9,11-12,14H,4-7,10,13H2,1-3H3/t14-/m0/s1. The second-order valence-electron chi connectivity index (χ2n) is 7.72. The number of amides is 1. The first-order valence-corrected chi connectivity index (χ1v) is 10.2. The van der Waals surface area contributed by atoms with Gasteiger partial charge in [-0.15, -0.1) is 0 Å². The molecule has 4 rings (SSSR count). The number of aromatic nitrogens is 5. The summed E-state index contributed by atoms with van der Waals surface area (Å²) in [6.07, 6.45) is 7.31. The van der Waals surface area contributed by atoms with E-state index in [1.165, 1.54) is 6.42 Å². The molecule has 1 fully saturated rings. The molecule has 0 bridgehead atoms. The topological polar surface area (TPSA) is 89.9 Å². The minimum Gasteiger partial charge on any atom is -0.338 e. The van der Waals surface area contributed by atoms with Crippen LogP contribution in [0.2, 0.25) is 0 Å². The lowest BCUT2D eigenvalue weighted by Gasteiger charge is -2.30. The van der Waals surface area contributed by atoms with Gasteiger partial charge in [0.1, 0.15) is 0 Å². The Morgan fingerprint density at radius 3 is 2.90 bits per heavy atom. The zero-order valence-electron chi connectivity index (χ0n) is 17.1. The highest BCUT2D eigenvalue weighted by Crippen LogP contribution is 2.22. The molecular weight excluding hydrogens is 368 g/mol. The average molecular weight is 394 g/mol. The lowest BCUT2D eigenvalue weighted by molar-refractivity contribution is 0.0682. The summed E-state index contributed by atoms with van der Waals surface area (Å²) < 4.78 is 7.01. The van der Waals surface area contributed by atoms with Gasteiger partial charge in [0.15, 0.2) is 11.6 Å². The number of rotatable bonds is 5. The van der Waals surface area contributed by atoms with Gasteiger partial charge in [0, 0.05) is 25.7 Å². The van der Waals surface area contributed by atoms with E-state index in [1.807, 2.05) is 24.0 Å². The molecule has 1 saturated heterocycles. The predicted molar refractivity (Wildman–Crippen MR) is 108 cm³/mol. The fourth-order valence-corrected chi connectivity index (χ4v) is 3.73. The predicted octanol–water partition coefficient (Wildman–Crippen LogP) is 3.45. The Kier molecular flexibility index (Phi) is 5.42. The summed E-state index contributed by atoms with van der Waals surface area (Å²) in [6, 6.07) is 3.72. The van der Waals surface area contributed by atoms with Crippen LogP contribution in [0.1, 0.15) is 55.0 Å². The molecule has 1 aliphatic heterocycles. The Morgan fingerprint density at radius 2 is 2.17 bits per heavy atom. The molecule has 1 aliphatic rings. The van der Waals surface area contributed by atoms with Gasteiger partial charge in [-0.3, -0.25) is 4.79 Å². The molecule has 0 saturated carbocycles. The van der Waals surface area contributed by atoms with E-state index in [0.29, 0.717) is 29.0 Å². The smallest absolute Gasteiger partial charge is 0.259 e. The summed E-state index contributed by atoms with van der Waals surface area (Å²) in [7, 11) is 0. The molecule has 3 aromatic heterocycles. The van der Waals surface area contributed by atoms with Crippen LogP contribution in [0.25, 0.3) is 17.3 Å². The molecule has 0 aliphatic carbocycles. The second-order valence-corrected chi connectivity index (χ2v) is 7.72. The third-order valence-electron chi connectivity index (χ3n) is 5.34. The maximum absolute atomic E-state index is 12.9. The van der Waals surface area contributed by atoms with Crippen molar-refractivity contribution in [3.05, 3.63) is 41.6 Å². The SMILES string of the molecule is CCCc1noc(-c2ccc(-n3ncc(C(=O)N4CCC[C@H](C)C4)c3C)nc2)n1. The molecule has 1 amide bonds. The van der Waals surface area contributed by atoms with Crippen molar-refractivity contribution in [2.24, 2.45) is 5.92 Å². The number of likely N-dealkylation sites (tertiary alicyclic amines) is 1. The van der Waals surface area contributed by atoms with Gasteiger partial charge in [0.25, 0.3) is 11.8 Å².